The molecule has 6 aliphatic heterocycles. The number of carboxylic acid groups (broad SMARTS) is 1. The molecule has 0 aromatic rings. The van der Waals surface area contributed by atoms with E-state index in [0.29, 0.717) is 51.4 Å². The molecule has 0 spiro atoms. The highest BCUT2D eigenvalue weighted by Crippen LogP contribution is 2.76. The number of allylic oxidation sites excluding steroid dienone is 2. The number of ether oxygens (including phenoxy) is 12. The molecule has 4 saturated carbocycles. The molecule has 5 aliphatic carbocycles. The average molecular weight is 1380 g/mol. The number of esters is 1. The van der Waals surface area contributed by atoms with Crippen LogP contribution in [0.3, 0.4) is 0 Å². The number of aliphatic carboxylic acids is 1. The molecule has 96 heavy (non-hydrogen) atoms. The van der Waals surface area contributed by atoms with E-state index in [2.05, 4.69) is 33.8 Å². The van der Waals surface area contributed by atoms with Crippen molar-refractivity contribution in [3.8, 4) is 0 Å². The summed E-state index contributed by atoms with van der Waals surface area (Å²) in [7, 11) is 0. The Hall–Kier alpha value is -2.44. The Morgan fingerprint density at radius 1 is 0.510 bits per heavy atom. The molecule has 0 aromatic heterocycles. The molecule has 10 fully saturated rings. The van der Waals surface area contributed by atoms with E-state index in [1.54, 1.807) is 0 Å². The third-order valence-corrected chi connectivity index (χ3v) is 24.8. The Morgan fingerprint density at radius 2 is 1.05 bits per heavy atom. The second kappa shape index (κ2) is 27.6. The topological polar surface area (TPSA) is 509 Å². The van der Waals surface area contributed by atoms with Crippen molar-refractivity contribution in [2.75, 3.05) is 26.4 Å². The molecule has 0 aromatic carbocycles. The lowest BCUT2D eigenvalue weighted by atomic mass is 9.33. The Bertz CT molecular complexity index is 2770. The number of carbonyl (C=O) groups is 2. The molecule has 32 nitrogen and oxygen atoms in total. The zero-order chi connectivity index (χ0) is 70.2. The van der Waals surface area contributed by atoms with Gasteiger partial charge in [-0.2, -0.15) is 0 Å². The van der Waals surface area contributed by atoms with Crippen LogP contribution >= 0.6 is 0 Å². The molecule has 38 atom stereocenters. The smallest absolute Gasteiger partial charge is 0.315 e. The van der Waals surface area contributed by atoms with Crippen molar-refractivity contribution in [3.63, 3.8) is 0 Å². The summed E-state index contributed by atoms with van der Waals surface area (Å²) in [5, 5.41) is 197. The van der Waals surface area contributed by atoms with Crippen LogP contribution in [0.1, 0.15) is 113 Å². The van der Waals surface area contributed by atoms with Gasteiger partial charge in [-0.1, -0.05) is 46.3 Å². The number of carbonyl (C=O) groups excluding carboxylic acids is 1. The molecule has 11 aliphatic rings. The van der Waals surface area contributed by atoms with Crippen LogP contribution < -0.4 is 0 Å². The van der Waals surface area contributed by atoms with E-state index in [1.807, 2.05) is 6.92 Å². The van der Waals surface area contributed by atoms with Crippen molar-refractivity contribution >= 4 is 11.9 Å². The highest BCUT2D eigenvalue weighted by atomic mass is 16.8. The molecule has 6 saturated heterocycles. The van der Waals surface area contributed by atoms with Crippen molar-refractivity contribution in [2.24, 2.45) is 50.2 Å². The Balaban J connectivity index is 0.831. The van der Waals surface area contributed by atoms with Crippen LogP contribution in [0.4, 0.5) is 0 Å². The molecule has 32 heteroatoms. The van der Waals surface area contributed by atoms with Gasteiger partial charge < -0.3 is 149 Å². The fraction of sp³-hybridized carbons (Fsp3) is 0.938. The summed E-state index contributed by atoms with van der Waals surface area (Å²) < 4.78 is 71.7. The van der Waals surface area contributed by atoms with Gasteiger partial charge in [-0.25, -0.2) is 0 Å². The minimum absolute atomic E-state index is 0.0199. The van der Waals surface area contributed by atoms with Gasteiger partial charge in [0.1, 0.15) is 122 Å². The summed E-state index contributed by atoms with van der Waals surface area (Å²) in [6.07, 6.45) is -45.1. The van der Waals surface area contributed by atoms with Crippen molar-refractivity contribution in [3.05, 3.63) is 11.6 Å². The molecule has 11 rings (SSSR count). The highest BCUT2D eigenvalue weighted by Gasteiger charge is 2.73. The maximum Gasteiger partial charge on any atom is 0.315 e. The number of aliphatic hydroxyl groups is 17. The lowest BCUT2D eigenvalue weighted by molar-refractivity contribution is -0.390. The van der Waals surface area contributed by atoms with Crippen LogP contribution in [0, 0.1) is 50.2 Å². The van der Waals surface area contributed by atoms with Crippen LogP contribution in [0.25, 0.3) is 0 Å². The first kappa shape index (κ1) is 74.7. The van der Waals surface area contributed by atoms with Crippen LogP contribution in [0.2, 0.25) is 0 Å². The van der Waals surface area contributed by atoms with Gasteiger partial charge in [-0.15, -0.1) is 0 Å². The summed E-state index contributed by atoms with van der Waals surface area (Å²) in [5.41, 5.74) is -4.50. The van der Waals surface area contributed by atoms with E-state index in [4.69, 9.17) is 56.8 Å². The summed E-state index contributed by atoms with van der Waals surface area (Å²) in [4.78, 5) is 29.8. The molecule has 0 amide bonds. The lowest BCUT2D eigenvalue weighted by Gasteiger charge is -2.71. The quantitative estimate of drug-likeness (QED) is 0.0415. The number of rotatable bonds is 15. The molecule has 550 valence electrons. The third kappa shape index (κ3) is 12.6. The fourth-order valence-corrected chi connectivity index (χ4v) is 18.8. The normalized spacial score (nSPS) is 55.1. The Labute approximate surface area is 554 Å². The van der Waals surface area contributed by atoms with E-state index in [9.17, 15) is 96.7 Å². The average Bonchev–Trinajstić information content (AvgIpc) is 0.673. The van der Waals surface area contributed by atoms with Gasteiger partial charge in [-0.3, -0.25) is 9.59 Å². The van der Waals surface area contributed by atoms with E-state index in [0.717, 1.165) is 5.57 Å². The predicted octanol–water partition coefficient (Wildman–Crippen LogP) is -5.02. The van der Waals surface area contributed by atoms with E-state index < -0.39 is 262 Å². The summed E-state index contributed by atoms with van der Waals surface area (Å²) >= 11 is 0. The second-order valence-electron chi connectivity index (χ2n) is 30.9. The lowest BCUT2D eigenvalue weighted by Crippen LogP contribution is -2.70. The Morgan fingerprint density at radius 3 is 1.67 bits per heavy atom. The first-order chi connectivity index (χ1) is 44.9. The van der Waals surface area contributed by atoms with Gasteiger partial charge >= 0.3 is 11.9 Å². The van der Waals surface area contributed by atoms with Crippen LogP contribution in [0.15, 0.2) is 11.6 Å². The van der Waals surface area contributed by atoms with Crippen LogP contribution in [-0.4, -0.2) is 315 Å². The summed E-state index contributed by atoms with van der Waals surface area (Å²) in [6.45, 7) is 12.6. The molecule has 18 N–H and O–H groups in total. The SMILES string of the molecule is CC1OC(OC(=O)C23CCC(C)(C)CC2C2=CCC4C5(C)CC(O)C(OC6OC(COC7OC(CO)C(O)C(O)C7O)C(O)C(O)C6O)C(C)(C(=O)O)C5CCC4(C)C2(C)CC3)C(OC2OC(C)C(OC3OCC(O)C(O)C3O)C(OC3OCC(O)C(O)C3O)C2O)C(O)C1O. The molecular formula is C64H102O32. The zero-order valence-corrected chi connectivity index (χ0v) is 55.1. The molecule has 38 unspecified atom stereocenters. The van der Waals surface area contributed by atoms with Crippen molar-refractivity contribution in [1.29, 1.82) is 0 Å². The minimum Gasteiger partial charge on any atom is -0.481 e. The zero-order valence-electron chi connectivity index (χ0n) is 55.1. The highest BCUT2D eigenvalue weighted by molar-refractivity contribution is 5.79. The molecule has 0 radical (unpaired) electrons. The van der Waals surface area contributed by atoms with Crippen molar-refractivity contribution in [2.45, 2.75) is 297 Å². The van der Waals surface area contributed by atoms with Gasteiger partial charge in [-0.05, 0) is 118 Å². The van der Waals surface area contributed by atoms with Gasteiger partial charge in [0.15, 0.2) is 37.6 Å². The Kier molecular flexibility index (Phi) is 21.5. The number of carboxylic acids is 1. The van der Waals surface area contributed by atoms with Gasteiger partial charge in [0.05, 0.1) is 55.6 Å². The largest absolute Gasteiger partial charge is 0.481 e. The fourth-order valence-electron chi connectivity index (χ4n) is 18.8. The van der Waals surface area contributed by atoms with Crippen LogP contribution in [-0.2, 0) is 66.4 Å². The number of fused-ring (bicyclic) bond motifs is 7. The number of hydrogen-bond donors (Lipinski definition) is 18. The number of aliphatic hydroxyl groups excluding tert-OH is 17. The summed E-state index contributed by atoms with van der Waals surface area (Å²) in [5.74, 6) is -3.39. The van der Waals surface area contributed by atoms with Crippen molar-refractivity contribution in [1.82, 2.24) is 0 Å². The van der Waals surface area contributed by atoms with E-state index >= 15 is 4.79 Å². The molecule has 6 heterocycles. The second-order valence-corrected chi connectivity index (χ2v) is 30.9. The summed E-state index contributed by atoms with van der Waals surface area (Å²) in [6, 6.07) is 0. The van der Waals surface area contributed by atoms with Gasteiger partial charge in [0.2, 0.25) is 6.29 Å². The molecule has 0 bridgehead atoms. The maximum absolute atomic E-state index is 15.7. The maximum atomic E-state index is 15.7. The first-order valence-corrected chi connectivity index (χ1v) is 33.6. The third-order valence-electron chi connectivity index (χ3n) is 24.8. The van der Waals surface area contributed by atoms with Gasteiger partial charge in [0, 0.05) is 0 Å². The predicted molar refractivity (Wildman–Crippen MR) is 317 cm³/mol. The van der Waals surface area contributed by atoms with Crippen molar-refractivity contribution < 1.29 is 158 Å². The first-order valence-electron chi connectivity index (χ1n) is 33.6. The van der Waals surface area contributed by atoms with E-state index in [1.165, 1.54) is 20.8 Å². The number of hydrogen-bond acceptors (Lipinski definition) is 31. The monoisotopic (exact) mass is 1380 g/mol. The van der Waals surface area contributed by atoms with Crippen LogP contribution in [0.5, 0.6) is 0 Å². The molecular weight excluding hydrogens is 1280 g/mol. The standard InChI is InChI=1S/C64H102O32/c1-23-34(69)41(76)49(94-55-46(81)48(93-53-43(78)36(71)29(68)21-86-53)47(24(2)89-55)92-52-42(77)35(70)28(67)20-85-52)56(88-23)96-58(84)64-15-13-59(3,4)17-26(64)25-9-10-32-60(5)18-27(66)50(63(8,57(82)83)33(60)11-12-62(32,7)61(25,6)14-16-64)95-54-45(80)40(75)38(73)31(91-54)22-87-51-44(79)39(74)37(72)30(19-65)90-51/h9,23-24,26-56,65-81H,10-22H2,1-8H3,(H,82,83). The minimum atomic E-state index is -2.01. The van der Waals surface area contributed by atoms with Gasteiger partial charge in [0.25, 0.3) is 0 Å². The van der Waals surface area contributed by atoms with E-state index in [-0.39, 0.29) is 17.8 Å².